The SMILES string of the molecule is CN=C(NCC(=O)Nc1ccc(F)cc1)NC1CCN(C(=O)C(C)C)C1. The molecule has 2 amide bonds. The van der Waals surface area contributed by atoms with Crippen LogP contribution < -0.4 is 16.0 Å². The van der Waals surface area contributed by atoms with E-state index in [0.717, 1.165) is 13.0 Å². The molecule has 3 N–H and O–H groups in total. The molecule has 1 aromatic carbocycles. The minimum atomic E-state index is -0.354. The number of nitrogens with zero attached hydrogens (tertiary/aromatic N) is 2. The molecule has 1 saturated heterocycles. The van der Waals surface area contributed by atoms with E-state index in [1.54, 1.807) is 7.05 Å². The highest BCUT2D eigenvalue weighted by Crippen LogP contribution is 2.12. The van der Waals surface area contributed by atoms with Gasteiger partial charge in [-0.2, -0.15) is 0 Å². The molecular weight excluding hydrogens is 337 g/mol. The van der Waals surface area contributed by atoms with Gasteiger partial charge in [0.05, 0.1) is 6.54 Å². The lowest BCUT2D eigenvalue weighted by atomic mass is 10.2. The fourth-order valence-corrected chi connectivity index (χ4v) is 2.73. The Morgan fingerprint density at radius 2 is 2.00 bits per heavy atom. The number of aliphatic imine (C=N–C) groups is 1. The largest absolute Gasteiger partial charge is 0.352 e. The van der Waals surface area contributed by atoms with Crippen LogP contribution in [-0.2, 0) is 9.59 Å². The lowest BCUT2D eigenvalue weighted by Crippen LogP contribution is -2.47. The quantitative estimate of drug-likeness (QED) is 0.542. The molecule has 7 nitrogen and oxygen atoms in total. The first-order valence-corrected chi connectivity index (χ1v) is 8.70. The maximum Gasteiger partial charge on any atom is 0.243 e. The molecule has 1 fully saturated rings. The minimum Gasteiger partial charge on any atom is -0.352 e. The summed E-state index contributed by atoms with van der Waals surface area (Å²) in [5.74, 6) is 0.0234. The molecule has 1 aliphatic heterocycles. The van der Waals surface area contributed by atoms with Crippen molar-refractivity contribution in [1.29, 1.82) is 0 Å². The lowest BCUT2D eigenvalue weighted by molar-refractivity contribution is -0.133. The topological polar surface area (TPSA) is 85.8 Å². The summed E-state index contributed by atoms with van der Waals surface area (Å²) in [5.41, 5.74) is 0.528. The van der Waals surface area contributed by atoms with Gasteiger partial charge in [0.15, 0.2) is 5.96 Å². The summed E-state index contributed by atoms with van der Waals surface area (Å²) < 4.78 is 12.9. The van der Waals surface area contributed by atoms with Crippen LogP contribution in [0.15, 0.2) is 29.3 Å². The monoisotopic (exact) mass is 363 g/mol. The number of hydrogen-bond donors (Lipinski definition) is 3. The number of halogens is 1. The van der Waals surface area contributed by atoms with E-state index >= 15 is 0 Å². The predicted octanol–water partition coefficient (Wildman–Crippen LogP) is 1.19. The van der Waals surface area contributed by atoms with Crippen LogP contribution in [0.2, 0.25) is 0 Å². The van der Waals surface area contributed by atoms with Crippen LogP contribution in [0.1, 0.15) is 20.3 Å². The Balaban J connectivity index is 1.76. The number of rotatable bonds is 5. The summed E-state index contributed by atoms with van der Waals surface area (Å²) in [6.45, 7) is 5.15. The van der Waals surface area contributed by atoms with E-state index in [1.165, 1.54) is 24.3 Å². The summed E-state index contributed by atoms with van der Waals surface area (Å²) in [4.78, 5) is 30.0. The summed E-state index contributed by atoms with van der Waals surface area (Å²) in [6.07, 6.45) is 0.834. The van der Waals surface area contributed by atoms with Crippen molar-refractivity contribution in [2.45, 2.75) is 26.3 Å². The number of hydrogen-bond acceptors (Lipinski definition) is 3. The fourth-order valence-electron chi connectivity index (χ4n) is 2.73. The van der Waals surface area contributed by atoms with Crippen LogP contribution in [-0.4, -0.2) is 55.4 Å². The second-order valence-electron chi connectivity index (χ2n) is 6.55. The number of amides is 2. The number of carbonyl (C=O) groups excluding carboxylic acids is 2. The van der Waals surface area contributed by atoms with Gasteiger partial charge in [0.25, 0.3) is 0 Å². The van der Waals surface area contributed by atoms with E-state index in [4.69, 9.17) is 0 Å². The molecule has 0 aromatic heterocycles. The third kappa shape index (κ3) is 5.72. The van der Waals surface area contributed by atoms with Crippen LogP contribution >= 0.6 is 0 Å². The van der Waals surface area contributed by atoms with Crippen molar-refractivity contribution < 1.29 is 14.0 Å². The molecule has 1 heterocycles. The van der Waals surface area contributed by atoms with E-state index < -0.39 is 0 Å². The summed E-state index contributed by atoms with van der Waals surface area (Å²) >= 11 is 0. The molecule has 8 heteroatoms. The molecule has 0 saturated carbocycles. The summed E-state index contributed by atoms with van der Waals surface area (Å²) in [6, 6.07) is 5.67. The zero-order valence-corrected chi connectivity index (χ0v) is 15.4. The average Bonchev–Trinajstić information content (AvgIpc) is 3.08. The molecule has 0 radical (unpaired) electrons. The van der Waals surface area contributed by atoms with Crippen molar-refractivity contribution >= 4 is 23.5 Å². The Morgan fingerprint density at radius 1 is 1.31 bits per heavy atom. The van der Waals surface area contributed by atoms with Crippen LogP contribution in [0.3, 0.4) is 0 Å². The van der Waals surface area contributed by atoms with E-state index in [0.29, 0.717) is 18.2 Å². The van der Waals surface area contributed by atoms with E-state index in [2.05, 4.69) is 20.9 Å². The number of anilines is 1. The third-order valence-corrected chi connectivity index (χ3v) is 4.10. The first-order chi connectivity index (χ1) is 12.4. The summed E-state index contributed by atoms with van der Waals surface area (Å²) in [5, 5.41) is 8.85. The molecule has 2 rings (SSSR count). The number of likely N-dealkylation sites (tertiary alicyclic amines) is 1. The number of carbonyl (C=O) groups is 2. The molecule has 1 aromatic rings. The van der Waals surface area contributed by atoms with Gasteiger partial charge in [-0.05, 0) is 30.7 Å². The Hall–Kier alpha value is -2.64. The van der Waals surface area contributed by atoms with Gasteiger partial charge in [0.2, 0.25) is 11.8 Å². The second-order valence-corrected chi connectivity index (χ2v) is 6.55. The van der Waals surface area contributed by atoms with E-state index in [1.807, 2.05) is 18.7 Å². The van der Waals surface area contributed by atoms with E-state index in [9.17, 15) is 14.0 Å². The van der Waals surface area contributed by atoms with Crippen molar-refractivity contribution in [1.82, 2.24) is 15.5 Å². The molecule has 1 unspecified atom stereocenters. The molecule has 1 aliphatic rings. The maximum atomic E-state index is 12.9. The zero-order valence-electron chi connectivity index (χ0n) is 15.4. The number of guanidine groups is 1. The van der Waals surface area contributed by atoms with Crippen LogP contribution in [0, 0.1) is 11.7 Å². The number of benzene rings is 1. The maximum absolute atomic E-state index is 12.9. The fraction of sp³-hybridized carbons (Fsp3) is 0.500. The predicted molar refractivity (Wildman–Crippen MR) is 99.4 cm³/mol. The lowest BCUT2D eigenvalue weighted by Gasteiger charge is -2.20. The smallest absolute Gasteiger partial charge is 0.243 e. The van der Waals surface area contributed by atoms with Gasteiger partial charge in [0.1, 0.15) is 5.82 Å². The van der Waals surface area contributed by atoms with Crippen molar-refractivity contribution in [3.05, 3.63) is 30.1 Å². The van der Waals surface area contributed by atoms with Crippen molar-refractivity contribution in [3.63, 3.8) is 0 Å². The molecule has 0 spiro atoms. The van der Waals surface area contributed by atoms with Gasteiger partial charge >= 0.3 is 0 Å². The Labute approximate surface area is 153 Å². The minimum absolute atomic E-state index is 0.0126. The molecule has 142 valence electrons. The van der Waals surface area contributed by atoms with Gasteiger partial charge in [-0.1, -0.05) is 13.8 Å². The van der Waals surface area contributed by atoms with Crippen molar-refractivity contribution in [3.8, 4) is 0 Å². The highest BCUT2D eigenvalue weighted by Gasteiger charge is 2.27. The molecule has 26 heavy (non-hydrogen) atoms. The Kier molecular flexibility index (Phi) is 6.94. The van der Waals surface area contributed by atoms with Crippen molar-refractivity contribution in [2.75, 3.05) is 32.0 Å². The summed E-state index contributed by atoms with van der Waals surface area (Å²) in [7, 11) is 1.62. The van der Waals surface area contributed by atoms with Crippen LogP contribution in [0.25, 0.3) is 0 Å². The number of nitrogens with one attached hydrogen (secondary N) is 3. The van der Waals surface area contributed by atoms with Gasteiger partial charge in [0, 0.05) is 37.8 Å². The van der Waals surface area contributed by atoms with Crippen LogP contribution in [0.5, 0.6) is 0 Å². The molecule has 0 bridgehead atoms. The highest BCUT2D eigenvalue weighted by atomic mass is 19.1. The van der Waals surface area contributed by atoms with Gasteiger partial charge in [-0.25, -0.2) is 4.39 Å². The Morgan fingerprint density at radius 3 is 2.62 bits per heavy atom. The molecule has 1 atom stereocenters. The average molecular weight is 363 g/mol. The molecule has 0 aliphatic carbocycles. The molecular formula is C18H26FN5O2. The first kappa shape index (κ1) is 19.7. The van der Waals surface area contributed by atoms with E-state index in [-0.39, 0.29) is 36.1 Å². The second kappa shape index (κ2) is 9.17. The van der Waals surface area contributed by atoms with Gasteiger partial charge in [-0.15, -0.1) is 0 Å². The standard InChI is InChI=1S/C18H26FN5O2/c1-12(2)17(26)24-9-8-15(11-24)23-18(20-3)21-10-16(25)22-14-6-4-13(19)5-7-14/h4-7,12,15H,8-11H2,1-3H3,(H,22,25)(H2,20,21,23). The zero-order chi connectivity index (χ0) is 19.1. The van der Waals surface area contributed by atoms with Crippen molar-refractivity contribution in [2.24, 2.45) is 10.9 Å². The highest BCUT2D eigenvalue weighted by molar-refractivity contribution is 5.95. The van der Waals surface area contributed by atoms with Gasteiger partial charge in [-0.3, -0.25) is 14.6 Å². The van der Waals surface area contributed by atoms with Gasteiger partial charge < -0.3 is 20.9 Å². The normalized spacial score (nSPS) is 17.3. The van der Waals surface area contributed by atoms with Crippen LogP contribution in [0.4, 0.5) is 10.1 Å². The Bertz CT molecular complexity index is 660. The third-order valence-electron chi connectivity index (χ3n) is 4.10. The first-order valence-electron chi connectivity index (χ1n) is 8.70.